The first-order valence-electron chi connectivity index (χ1n) is 14.0. The van der Waals surface area contributed by atoms with Crippen molar-refractivity contribution in [1.29, 1.82) is 5.26 Å². The van der Waals surface area contributed by atoms with E-state index in [2.05, 4.69) is 74.8 Å². The number of ether oxygens (including phenoxy) is 1. The molecule has 0 spiro atoms. The van der Waals surface area contributed by atoms with Crippen molar-refractivity contribution in [3.63, 3.8) is 0 Å². The van der Waals surface area contributed by atoms with E-state index in [4.69, 9.17) is 15.5 Å². The Morgan fingerprint density at radius 2 is 1.74 bits per heavy atom. The molecule has 2 N–H and O–H groups in total. The van der Waals surface area contributed by atoms with Crippen molar-refractivity contribution >= 4 is 41.7 Å². The lowest BCUT2D eigenvalue weighted by Crippen LogP contribution is -2.65. The second-order valence-electron chi connectivity index (χ2n) is 11.7. The smallest absolute Gasteiger partial charge is 0.163 e. The van der Waals surface area contributed by atoms with Crippen LogP contribution in [0.3, 0.4) is 0 Å². The van der Waals surface area contributed by atoms with Gasteiger partial charge in [0.2, 0.25) is 0 Å². The standard InChI is InChI=1S/C29H37BN8O/c1-20-15-37(24-8-6-21(14-31)28-23(24)7-9-25(30)33-28)17-22(39-20)16-35-10-12-36(13-11-35)26-4-3-5-27(34-26)38-18-29(2,32)19-38/h3-9,20,22H,10-13,15-19,30,32H2,1-2H3/t20-,22+/m1/s1. The summed E-state index contributed by atoms with van der Waals surface area (Å²) in [4.78, 5) is 19.2. The Labute approximate surface area is 231 Å². The van der Waals surface area contributed by atoms with Crippen LogP contribution in [0, 0.1) is 11.3 Å². The van der Waals surface area contributed by atoms with E-state index in [9.17, 15) is 5.26 Å². The molecule has 0 radical (unpaired) electrons. The van der Waals surface area contributed by atoms with Crippen molar-refractivity contribution in [3.05, 3.63) is 48.0 Å². The number of morpholine rings is 1. The lowest BCUT2D eigenvalue weighted by atomic mass is 9.94. The Kier molecular flexibility index (Phi) is 6.83. The topological polar surface area (TPSA) is 97.8 Å². The van der Waals surface area contributed by atoms with Gasteiger partial charge in [-0.3, -0.25) is 9.88 Å². The number of piperazine rings is 1. The first-order chi connectivity index (χ1) is 18.8. The minimum atomic E-state index is -0.110. The van der Waals surface area contributed by atoms with Gasteiger partial charge in [0.1, 0.15) is 17.7 Å². The number of pyridine rings is 2. The van der Waals surface area contributed by atoms with Crippen molar-refractivity contribution in [2.45, 2.75) is 31.6 Å². The average Bonchev–Trinajstić information content (AvgIpc) is 2.91. The zero-order chi connectivity index (χ0) is 27.1. The molecule has 3 aromatic rings. The van der Waals surface area contributed by atoms with Crippen LogP contribution in [0.5, 0.6) is 0 Å². The molecule has 1 aromatic carbocycles. The van der Waals surface area contributed by atoms with E-state index in [1.54, 1.807) is 0 Å². The zero-order valence-corrected chi connectivity index (χ0v) is 23.2. The van der Waals surface area contributed by atoms with E-state index < -0.39 is 0 Å². The fourth-order valence-electron chi connectivity index (χ4n) is 6.21. The molecular formula is C29H37BN8O. The van der Waals surface area contributed by atoms with E-state index in [1.165, 1.54) is 0 Å². The molecule has 9 nitrogen and oxygen atoms in total. The Hall–Kier alpha value is -3.39. The molecule has 39 heavy (non-hydrogen) atoms. The van der Waals surface area contributed by atoms with Crippen molar-refractivity contribution in [3.8, 4) is 6.07 Å². The van der Waals surface area contributed by atoms with E-state index >= 15 is 0 Å². The third-order valence-corrected chi connectivity index (χ3v) is 8.07. The molecule has 3 fully saturated rings. The Morgan fingerprint density at radius 3 is 2.46 bits per heavy atom. The lowest BCUT2D eigenvalue weighted by molar-refractivity contribution is -0.0327. The van der Waals surface area contributed by atoms with E-state index in [0.29, 0.717) is 5.56 Å². The van der Waals surface area contributed by atoms with E-state index in [0.717, 1.165) is 92.7 Å². The molecule has 0 aliphatic carbocycles. The summed E-state index contributed by atoms with van der Waals surface area (Å²) in [5.74, 6) is 2.06. The van der Waals surface area contributed by atoms with Gasteiger partial charge in [0.05, 0.1) is 23.3 Å². The minimum absolute atomic E-state index is 0.110. The van der Waals surface area contributed by atoms with Crippen molar-refractivity contribution in [2.24, 2.45) is 5.73 Å². The number of nitrogens with two attached hydrogens (primary N) is 1. The summed E-state index contributed by atoms with van der Waals surface area (Å²) in [6, 6.07) is 16.7. The summed E-state index contributed by atoms with van der Waals surface area (Å²) in [6.07, 6.45) is 0.237. The summed E-state index contributed by atoms with van der Waals surface area (Å²) < 4.78 is 6.41. The molecule has 2 aromatic heterocycles. The van der Waals surface area contributed by atoms with Gasteiger partial charge < -0.3 is 25.2 Å². The maximum atomic E-state index is 9.61. The number of fused-ring (bicyclic) bond motifs is 1. The summed E-state index contributed by atoms with van der Waals surface area (Å²) in [5, 5.41) is 10.6. The predicted octanol–water partition coefficient (Wildman–Crippen LogP) is 0.713. The molecule has 2 atom stereocenters. The van der Waals surface area contributed by atoms with E-state index in [-0.39, 0.29) is 17.7 Å². The number of aromatic nitrogens is 2. The van der Waals surface area contributed by atoms with Gasteiger partial charge in [-0.15, -0.1) is 0 Å². The quantitative estimate of drug-likeness (QED) is 0.484. The molecule has 3 saturated heterocycles. The summed E-state index contributed by atoms with van der Waals surface area (Å²) in [7, 11) is 1.97. The number of nitriles is 1. The highest BCUT2D eigenvalue weighted by Crippen LogP contribution is 2.30. The van der Waals surface area contributed by atoms with Crippen LogP contribution < -0.4 is 26.0 Å². The van der Waals surface area contributed by atoms with Crippen LogP contribution in [-0.4, -0.2) is 99.4 Å². The largest absolute Gasteiger partial charge is 0.370 e. The number of benzene rings is 1. The normalized spacial score (nSPS) is 23.5. The number of nitrogens with zero attached hydrogens (tertiary/aromatic N) is 7. The molecule has 0 amide bonds. The Bertz CT molecular complexity index is 1390. The van der Waals surface area contributed by atoms with Crippen LogP contribution in [0.25, 0.3) is 10.9 Å². The van der Waals surface area contributed by atoms with Crippen LogP contribution in [0.4, 0.5) is 17.3 Å². The van der Waals surface area contributed by atoms with Crippen LogP contribution in [0.2, 0.25) is 0 Å². The maximum Gasteiger partial charge on any atom is 0.163 e. The molecule has 3 aliphatic heterocycles. The summed E-state index contributed by atoms with van der Waals surface area (Å²) in [6.45, 7) is 12.3. The van der Waals surface area contributed by atoms with Gasteiger partial charge in [0.15, 0.2) is 7.85 Å². The average molecular weight is 524 g/mol. The fourth-order valence-corrected chi connectivity index (χ4v) is 6.21. The van der Waals surface area contributed by atoms with Crippen LogP contribution in [0.1, 0.15) is 19.4 Å². The highest BCUT2D eigenvalue weighted by Gasteiger charge is 2.36. The molecule has 5 heterocycles. The highest BCUT2D eigenvalue weighted by molar-refractivity contribution is 6.31. The van der Waals surface area contributed by atoms with Crippen LogP contribution >= 0.6 is 0 Å². The van der Waals surface area contributed by atoms with Crippen molar-refractivity contribution in [2.75, 3.05) is 73.6 Å². The highest BCUT2D eigenvalue weighted by atomic mass is 16.5. The monoisotopic (exact) mass is 524 g/mol. The molecule has 3 aliphatic rings. The molecule has 0 saturated carbocycles. The van der Waals surface area contributed by atoms with Gasteiger partial charge in [0, 0.05) is 75.5 Å². The number of rotatable bonds is 5. The first kappa shape index (κ1) is 25.9. The summed E-state index contributed by atoms with van der Waals surface area (Å²) in [5.41, 5.74) is 9.54. The molecule has 6 rings (SSSR count). The Balaban J connectivity index is 1.09. The lowest BCUT2D eigenvalue weighted by Gasteiger charge is -2.46. The third-order valence-electron chi connectivity index (χ3n) is 8.07. The van der Waals surface area contributed by atoms with Gasteiger partial charge in [-0.25, -0.2) is 4.98 Å². The van der Waals surface area contributed by atoms with Gasteiger partial charge in [-0.1, -0.05) is 12.1 Å². The molecule has 202 valence electrons. The van der Waals surface area contributed by atoms with Crippen molar-refractivity contribution < 1.29 is 4.74 Å². The van der Waals surface area contributed by atoms with Gasteiger partial charge in [-0.05, 0) is 49.8 Å². The zero-order valence-electron chi connectivity index (χ0n) is 23.2. The second kappa shape index (κ2) is 10.3. The molecule has 0 unspecified atom stereocenters. The first-order valence-corrected chi connectivity index (χ1v) is 14.0. The number of hydrogen-bond donors (Lipinski definition) is 1. The molecule has 0 bridgehead atoms. The van der Waals surface area contributed by atoms with Crippen LogP contribution in [-0.2, 0) is 4.74 Å². The molecule has 10 heteroatoms. The SMILES string of the molecule is Bc1ccc2c(N3C[C@H](CN4CCN(c5cccc(N6CC(C)(N)C6)n5)CC4)O[C@H](C)C3)ccc(C#N)c2n1. The maximum absolute atomic E-state index is 9.61. The predicted molar refractivity (Wildman–Crippen MR) is 159 cm³/mol. The number of hydrogen-bond acceptors (Lipinski definition) is 9. The minimum Gasteiger partial charge on any atom is -0.370 e. The van der Waals surface area contributed by atoms with Gasteiger partial charge in [-0.2, -0.15) is 5.26 Å². The Morgan fingerprint density at radius 1 is 1.00 bits per heavy atom. The number of anilines is 3. The van der Waals surface area contributed by atoms with Crippen molar-refractivity contribution in [1.82, 2.24) is 14.9 Å². The van der Waals surface area contributed by atoms with Gasteiger partial charge in [0.25, 0.3) is 0 Å². The second-order valence-corrected chi connectivity index (χ2v) is 11.7. The molecular weight excluding hydrogens is 487 g/mol. The van der Waals surface area contributed by atoms with E-state index in [1.807, 2.05) is 20.0 Å². The fraction of sp³-hybridized carbons (Fsp3) is 0.483. The third kappa shape index (κ3) is 5.39. The van der Waals surface area contributed by atoms with Gasteiger partial charge >= 0.3 is 0 Å². The van der Waals surface area contributed by atoms with Crippen LogP contribution in [0.15, 0.2) is 42.5 Å². The summed E-state index contributed by atoms with van der Waals surface area (Å²) >= 11 is 0.